The Morgan fingerprint density at radius 2 is 1.45 bits per heavy atom. The Balaban J connectivity index is 1.62. The van der Waals surface area contributed by atoms with Crippen LogP contribution in [0.3, 0.4) is 0 Å². The van der Waals surface area contributed by atoms with Gasteiger partial charge in [0.1, 0.15) is 0 Å². The highest BCUT2D eigenvalue weighted by atomic mass is 16.6. The number of nitrogens with one attached hydrogen (secondary N) is 3. The number of hydrogen-bond acceptors (Lipinski definition) is 12. The van der Waals surface area contributed by atoms with Crippen molar-refractivity contribution in [2.45, 2.75) is 13.8 Å². The van der Waals surface area contributed by atoms with Crippen molar-refractivity contribution in [2.75, 3.05) is 16.1 Å². The van der Waals surface area contributed by atoms with E-state index in [1.54, 1.807) is 0 Å². The molecule has 14 nitrogen and oxygen atoms in total. The summed E-state index contributed by atoms with van der Waals surface area (Å²) in [6, 6.07) is 15.5. The van der Waals surface area contributed by atoms with Gasteiger partial charge in [-0.2, -0.15) is 20.1 Å². The quantitative estimate of drug-likeness (QED) is 0.134. The van der Waals surface area contributed by atoms with Crippen LogP contribution in [0.25, 0.3) is 0 Å². The molecule has 0 bridgehead atoms. The maximum Gasteiger partial charge on any atom is 0.311 e. The van der Waals surface area contributed by atoms with E-state index < -0.39 is 21.3 Å². The Bertz CT molecular complexity index is 1540. The number of aryl methyl sites for hydroxylation is 2. The molecule has 38 heavy (non-hydrogen) atoms. The summed E-state index contributed by atoms with van der Waals surface area (Å²) < 4.78 is 0. The zero-order chi connectivity index (χ0) is 27.2. The van der Waals surface area contributed by atoms with E-state index in [9.17, 15) is 25.3 Å². The molecule has 0 amide bonds. The van der Waals surface area contributed by atoms with Crippen molar-refractivity contribution in [1.29, 1.82) is 0 Å². The summed E-state index contributed by atoms with van der Waals surface area (Å²) >= 11 is 0. The zero-order valence-corrected chi connectivity index (χ0v) is 20.1. The van der Waals surface area contributed by atoms with E-state index in [0.717, 1.165) is 16.8 Å². The molecule has 0 aliphatic carbocycles. The molecular weight excluding hydrogens is 494 g/mol. The number of rotatable bonds is 9. The fraction of sp³-hybridized carbons (Fsp3) is 0.0833. The second-order valence-electron chi connectivity index (χ2n) is 8.00. The number of anilines is 5. The number of hydrazone groups is 1. The Kier molecular flexibility index (Phi) is 7.33. The first kappa shape index (κ1) is 25.4. The lowest BCUT2D eigenvalue weighted by Gasteiger charge is -2.11. The molecule has 4 rings (SSSR count). The van der Waals surface area contributed by atoms with Crippen LogP contribution in [0.15, 0.2) is 65.8 Å². The van der Waals surface area contributed by atoms with Crippen LogP contribution in [-0.2, 0) is 0 Å². The molecule has 14 heteroatoms. The van der Waals surface area contributed by atoms with Gasteiger partial charge in [0.15, 0.2) is 0 Å². The summed E-state index contributed by atoms with van der Waals surface area (Å²) in [6.45, 7) is 3.97. The first-order valence-corrected chi connectivity index (χ1v) is 11.1. The molecule has 4 aromatic rings. The molecule has 192 valence electrons. The van der Waals surface area contributed by atoms with E-state index in [4.69, 9.17) is 0 Å². The van der Waals surface area contributed by atoms with Gasteiger partial charge in [0.25, 0.3) is 5.69 Å². The first-order valence-electron chi connectivity index (χ1n) is 11.1. The standard InChI is InChI=1S/C24H21N9O5/c1-14-6-7-18(12-15(14)2)27-23-28-22(26-17-8-10-19(11-9-17)32(35)36)29-24(30-23)31-25-13-16-4-3-5-20(21(16)34)33(37)38/h3-13,34H,1-2H3,(H3,26,27,28,29,30,31). The average molecular weight is 515 g/mol. The van der Waals surface area contributed by atoms with Gasteiger partial charge >= 0.3 is 5.69 Å². The summed E-state index contributed by atoms with van der Waals surface area (Å²) in [7, 11) is 0. The highest BCUT2D eigenvalue weighted by molar-refractivity contribution is 5.86. The maximum absolute atomic E-state index is 11.0. The summed E-state index contributed by atoms with van der Waals surface area (Å²) in [4.78, 5) is 33.7. The Morgan fingerprint density at radius 1 is 0.816 bits per heavy atom. The number of non-ortho nitro benzene ring substituents is 1. The second-order valence-corrected chi connectivity index (χ2v) is 8.00. The number of benzene rings is 3. The van der Waals surface area contributed by atoms with E-state index in [1.807, 2.05) is 32.0 Å². The van der Waals surface area contributed by atoms with Crippen molar-refractivity contribution in [3.63, 3.8) is 0 Å². The van der Waals surface area contributed by atoms with Crippen molar-refractivity contribution in [3.8, 4) is 5.75 Å². The van der Waals surface area contributed by atoms with Crippen molar-refractivity contribution < 1.29 is 15.0 Å². The minimum atomic E-state index is -0.701. The summed E-state index contributed by atoms with van der Waals surface area (Å²) in [5.74, 6) is -0.243. The van der Waals surface area contributed by atoms with Crippen LogP contribution in [0.4, 0.5) is 40.6 Å². The van der Waals surface area contributed by atoms with Crippen LogP contribution >= 0.6 is 0 Å². The highest BCUT2D eigenvalue weighted by Gasteiger charge is 2.15. The van der Waals surface area contributed by atoms with E-state index in [2.05, 4.69) is 36.1 Å². The SMILES string of the molecule is Cc1ccc(Nc2nc(NN=Cc3cccc([N+](=O)[O-])c3O)nc(Nc3ccc([N+](=O)[O-])cc3)n2)cc1C. The van der Waals surface area contributed by atoms with Crippen LogP contribution in [0.5, 0.6) is 5.75 Å². The molecule has 0 atom stereocenters. The number of phenolic OH excluding ortho intramolecular Hbond substituents is 1. The van der Waals surface area contributed by atoms with Gasteiger partial charge in [-0.05, 0) is 55.3 Å². The Morgan fingerprint density at radius 3 is 2.08 bits per heavy atom. The van der Waals surface area contributed by atoms with E-state index in [0.29, 0.717) is 5.69 Å². The molecule has 0 aliphatic heterocycles. The number of nitro groups is 2. The zero-order valence-electron chi connectivity index (χ0n) is 20.1. The summed E-state index contributed by atoms with van der Waals surface area (Å²) in [6.07, 6.45) is 1.19. The average Bonchev–Trinajstić information content (AvgIpc) is 2.87. The molecule has 1 heterocycles. The molecule has 0 radical (unpaired) electrons. The minimum absolute atomic E-state index is 0.0110. The molecule has 0 saturated heterocycles. The number of phenols is 1. The van der Waals surface area contributed by atoms with Crippen LogP contribution in [0, 0.1) is 34.1 Å². The Hall–Kier alpha value is -5.66. The van der Waals surface area contributed by atoms with Gasteiger partial charge in [-0.15, -0.1) is 0 Å². The number of aromatic hydroxyl groups is 1. The number of nitro benzene ring substituents is 2. The van der Waals surface area contributed by atoms with Gasteiger partial charge in [-0.1, -0.05) is 12.1 Å². The lowest BCUT2D eigenvalue weighted by Crippen LogP contribution is -2.07. The monoisotopic (exact) mass is 515 g/mol. The number of aromatic nitrogens is 3. The lowest BCUT2D eigenvalue weighted by atomic mass is 10.1. The number of nitrogens with zero attached hydrogens (tertiary/aromatic N) is 6. The predicted molar refractivity (Wildman–Crippen MR) is 141 cm³/mol. The van der Waals surface area contributed by atoms with Gasteiger partial charge in [0, 0.05) is 35.1 Å². The van der Waals surface area contributed by atoms with Gasteiger partial charge in [-0.3, -0.25) is 20.2 Å². The van der Waals surface area contributed by atoms with Crippen LogP contribution in [0.2, 0.25) is 0 Å². The molecule has 0 aliphatic rings. The topological polar surface area (TPSA) is 194 Å². The Labute approximate surface area is 215 Å². The molecule has 0 spiro atoms. The van der Waals surface area contributed by atoms with Gasteiger partial charge < -0.3 is 15.7 Å². The molecule has 3 aromatic carbocycles. The van der Waals surface area contributed by atoms with E-state index in [1.165, 1.54) is 48.7 Å². The maximum atomic E-state index is 11.0. The predicted octanol–water partition coefficient (Wildman–Crippen LogP) is 4.94. The third-order valence-electron chi connectivity index (χ3n) is 5.34. The smallest absolute Gasteiger partial charge is 0.311 e. The van der Waals surface area contributed by atoms with E-state index in [-0.39, 0.29) is 29.1 Å². The molecule has 0 fully saturated rings. The molecule has 0 unspecified atom stereocenters. The molecule has 0 saturated carbocycles. The summed E-state index contributed by atoms with van der Waals surface area (Å²) in [5.41, 5.74) is 5.62. The summed E-state index contributed by atoms with van der Waals surface area (Å²) in [5, 5.41) is 42.1. The molecule has 4 N–H and O–H groups in total. The third-order valence-corrected chi connectivity index (χ3v) is 5.34. The van der Waals surface area contributed by atoms with Gasteiger partial charge in [0.2, 0.25) is 23.6 Å². The largest absolute Gasteiger partial charge is 0.502 e. The van der Waals surface area contributed by atoms with Crippen LogP contribution in [-0.4, -0.2) is 36.1 Å². The number of para-hydroxylation sites is 1. The van der Waals surface area contributed by atoms with Crippen LogP contribution < -0.4 is 16.1 Å². The normalized spacial score (nSPS) is 10.8. The van der Waals surface area contributed by atoms with Crippen LogP contribution in [0.1, 0.15) is 16.7 Å². The fourth-order valence-corrected chi connectivity index (χ4v) is 3.24. The highest BCUT2D eigenvalue weighted by Crippen LogP contribution is 2.28. The van der Waals surface area contributed by atoms with Crippen molar-refractivity contribution in [2.24, 2.45) is 5.10 Å². The minimum Gasteiger partial charge on any atom is -0.502 e. The number of hydrogen-bond donors (Lipinski definition) is 4. The van der Waals surface area contributed by atoms with E-state index >= 15 is 0 Å². The third kappa shape index (κ3) is 6.12. The lowest BCUT2D eigenvalue weighted by molar-refractivity contribution is -0.385. The molecule has 1 aromatic heterocycles. The molecular formula is C24H21N9O5. The second kappa shape index (κ2) is 10.9. The van der Waals surface area contributed by atoms with Gasteiger partial charge in [-0.25, -0.2) is 5.43 Å². The fourth-order valence-electron chi connectivity index (χ4n) is 3.24. The van der Waals surface area contributed by atoms with Crippen molar-refractivity contribution in [1.82, 2.24) is 15.0 Å². The first-order chi connectivity index (χ1) is 18.2. The van der Waals surface area contributed by atoms with Gasteiger partial charge in [0.05, 0.1) is 16.1 Å². The van der Waals surface area contributed by atoms with Crippen molar-refractivity contribution >= 4 is 46.8 Å². The van der Waals surface area contributed by atoms with Crippen molar-refractivity contribution in [3.05, 3.63) is 97.6 Å².